The Morgan fingerprint density at radius 1 is 1.18 bits per heavy atom. The van der Waals surface area contributed by atoms with Crippen LogP contribution in [-0.4, -0.2) is 28.6 Å². The molecule has 1 aromatic heterocycles. The van der Waals surface area contributed by atoms with Crippen molar-refractivity contribution in [3.8, 4) is 11.3 Å². The van der Waals surface area contributed by atoms with Crippen LogP contribution in [0.25, 0.3) is 11.3 Å². The molecule has 0 spiro atoms. The first kappa shape index (κ1) is 18.3. The Bertz CT molecular complexity index is 1040. The number of hydrogen-bond acceptors (Lipinski definition) is 3. The molecule has 1 N–H and O–H groups in total. The van der Waals surface area contributed by atoms with Gasteiger partial charge in [0, 0.05) is 28.9 Å². The minimum absolute atomic E-state index is 0.0458. The largest absolute Gasteiger partial charge is 0.314 e. The lowest BCUT2D eigenvalue weighted by atomic mass is 10.1. The third kappa shape index (κ3) is 3.16. The van der Waals surface area contributed by atoms with Crippen molar-refractivity contribution in [1.29, 1.82) is 0 Å². The monoisotopic (exact) mass is 394 g/mol. The minimum Gasteiger partial charge on any atom is -0.314 e. The van der Waals surface area contributed by atoms with E-state index in [-0.39, 0.29) is 18.2 Å². The topological polar surface area (TPSA) is 67.2 Å². The van der Waals surface area contributed by atoms with Crippen LogP contribution >= 0.6 is 11.6 Å². The van der Waals surface area contributed by atoms with Gasteiger partial charge in [0.1, 0.15) is 11.9 Å². The summed E-state index contributed by atoms with van der Waals surface area (Å²) in [5.41, 5.74) is 3.17. The molecule has 142 valence electrons. The second-order valence-electron chi connectivity index (χ2n) is 6.77. The van der Waals surface area contributed by atoms with Gasteiger partial charge in [-0.3, -0.25) is 9.59 Å². The lowest BCUT2D eigenvalue weighted by Gasteiger charge is -2.28. The summed E-state index contributed by atoms with van der Waals surface area (Å²) in [5.74, 6) is 0.173. The van der Waals surface area contributed by atoms with Gasteiger partial charge in [0.15, 0.2) is 0 Å². The maximum Gasteiger partial charge on any atom is 0.252 e. The first-order valence-electron chi connectivity index (χ1n) is 8.93. The molecule has 0 saturated heterocycles. The van der Waals surface area contributed by atoms with Crippen molar-refractivity contribution in [2.45, 2.75) is 19.4 Å². The molecule has 0 radical (unpaired) electrons. The number of rotatable bonds is 3. The van der Waals surface area contributed by atoms with Crippen LogP contribution in [0.1, 0.15) is 18.0 Å². The van der Waals surface area contributed by atoms with E-state index in [2.05, 4.69) is 10.4 Å². The number of carbonyl (C=O) groups excluding carboxylic acids is 2. The Labute approximate surface area is 167 Å². The molecular weight excluding hydrogens is 376 g/mol. The third-order valence-electron chi connectivity index (χ3n) is 4.96. The number of carbonyl (C=O) groups is 2. The van der Waals surface area contributed by atoms with Gasteiger partial charge in [0.05, 0.1) is 12.1 Å². The Balaban J connectivity index is 1.74. The fraction of sp³-hybridized carbons (Fsp3) is 0.190. The molecule has 1 atom stereocenters. The van der Waals surface area contributed by atoms with Crippen LogP contribution in [0.15, 0.2) is 54.6 Å². The van der Waals surface area contributed by atoms with Crippen molar-refractivity contribution in [1.82, 2.24) is 9.78 Å². The van der Waals surface area contributed by atoms with Crippen molar-refractivity contribution < 1.29 is 9.59 Å². The summed E-state index contributed by atoms with van der Waals surface area (Å²) in [5, 5.41) is 8.17. The van der Waals surface area contributed by atoms with E-state index >= 15 is 0 Å². The van der Waals surface area contributed by atoms with E-state index in [0.29, 0.717) is 16.5 Å². The van der Waals surface area contributed by atoms with E-state index in [9.17, 15) is 9.59 Å². The van der Waals surface area contributed by atoms with Gasteiger partial charge in [-0.25, -0.2) is 4.68 Å². The van der Waals surface area contributed by atoms with Gasteiger partial charge in [0.2, 0.25) is 5.91 Å². The zero-order valence-electron chi connectivity index (χ0n) is 15.5. The second-order valence-corrected chi connectivity index (χ2v) is 7.21. The smallest absolute Gasteiger partial charge is 0.252 e. The standard InChI is InChI=1S/C21H19ClN4O2/c1-13-19(14-8-10-15(22)11-9-14)24-26-17(12-18(27)23-20(13)26)21(28)25(2)16-6-4-3-5-7-16/h3-11,17H,12H2,1-2H3,(H,23,27)/t17-/m0/s1. The maximum atomic E-state index is 13.2. The van der Waals surface area contributed by atoms with Crippen molar-refractivity contribution in [3.63, 3.8) is 0 Å². The Morgan fingerprint density at radius 2 is 1.86 bits per heavy atom. The van der Waals surface area contributed by atoms with E-state index in [4.69, 9.17) is 11.6 Å². The van der Waals surface area contributed by atoms with Crippen LogP contribution in [-0.2, 0) is 9.59 Å². The Hall–Kier alpha value is -3.12. The van der Waals surface area contributed by atoms with E-state index < -0.39 is 6.04 Å². The molecule has 0 aliphatic carbocycles. The van der Waals surface area contributed by atoms with E-state index in [1.807, 2.05) is 49.4 Å². The van der Waals surface area contributed by atoms with Gasteiger partial charge in [-0.05, 0) is 31.2 Å². The van der Waals surface area contributed by atoms with Crippen LogP contribution < -0.4 is 10.2 Å². The summed E-state index contributed by atoms with van der Waals surface area (Å²) < 4.78 is 1.63. The molecule has 0 bridgehead atoms. The number of para-hydroxylation sites is 1. The molecule has 0 fully saturated rings. The molecule has 28 heavy (non-hydrogen) atoms. The first-order valence-corrected chi connectivity index (χ1v) is 9.31. The number of hydrogen-bond donors (Lipinski definition) is 1. The van der Waals surface area contributed by atoms with Gasteiger partial charge in [0.25, 0.3) is 5.91 Å². The zero-order valence-corrected chi connectivity index (χ0v) is 16.3. The average molecular weight is 395 g/mol. The molecule has 0 saturated carbocycles. The summed E-state index contributed by atoms with van der Waals surface area (Å²) in [6, 6.07) is 16.0. The highest BCUT2D eigenvalue weighted by Crippen LogP contribution is 2.35. The van der Waals surface area contributed by atoms with Crippen LogP contribution in [0, 0.1) is 6.92 Å². The highest BCUT2D eigenvalue weighted by molar-refractivity contribution is 6.30. The molecule has 2 heterocycles. The summed E-state index contributed by atoms with van der Waals surface area (Å²) in [4.78, 5) is 27.0. The van der Waals surface area contributed by atoms with Crippen LogP contribution in [0.2, 0.25) is 5.02 Å². The summed E-state index contributed by atoms with van der Waals surface area (Å²) in [6.07, 6.45) is 0.0458. The van der Waals surface area contributed by atoms with Crippen LogP contribution in [0.4, 0.5) is 11.5 Å². The number of likely N-dealkylation sites (N-methyl/N-ethyl adjacent to an activating group) is 1. The SMILES string of the molecule is Cc1c(-c2ccc(Cl)cc2)nn2c1NC(=O)C[C@H]2C(=O)N(C)c1ccccc1. The maximum absolute atomic E-state index is 13.2. The van der Waals surface area contributed by atoms with Gasteiger partial charge < -0.3 is 10.2 Å². The lowest BCUT2D eigenvalue weighted by molar-refractivity contribution is -0.126. The highest BCUT2D eigenvalue weighted by Gasteiger charge is 2.35. The number of fused-ring (bicyclic) bond motifs is 1. The first-order chi connectivity index (χ1) is 13.5. The zero-order chi connectivity index (χ0) is 19.8. The van der Waals surface area contributed by atoms with E-state index in [0.717, 1.165) is 16.8 Å². The number of nitrogens with one attached hydrogen (secondary N) is 1. The molecule has 0 unspecified atom stereocenters. The fourth-order valence-corrected chi connectivity index (χ4v) is 3.54. The average Bonchev–Trinajstić information content (AvgIpc) is 3.04. The lowest BCUT2D eigenvalue weighted by Crippen LogP contribution is -2.40. The molecule has 3 aromatic rings. The van der Waals surface area contributed by atoms with Gasteiger partial charge in [-0.2, -0.15) is 5.10 Å². The normalized spacial score (nSPS) is 15.7. The van der Waals surface area contributed by atoms with Crippen molar-refractivity contribution in [2.75, 3.05) is 17.3 Å². The predicted molar refractivity (Wildman–Crippen MR) is 110 cm³/mol. The molecule has 7 heteroatoms. The summed E-state index contributed by atoms with van der Waals surface area (Å²) >= 11 is 5.98. The van der Waals surface area contributed by atoms with Crippen molar-refractivity contribution in [2.24, 2.45) is 0 Å². The van der Waals surface area contributed by atoms with E-state index in [1.54, 1.807) is 28.8 Å². The number of anilines is 2. The molecule has 2 aromatic carbocycles. The fourth-order valence-electron chi connectivity index (χ4n) is 3.41. The molecule has 1 aliphatic rings. The van der Waals surface area contributed by atoms with Gasteiger partial charge >= 0.3 is 0 Å². The second kappa shape index (κ2) is 7.13. The van der Waals surface area contributed by atoms with Crippen LogP contribution in [0.3, 0.4) is 0 Å². The Kier molecular flexibility index (Phi) is 4.65. The van der Waals surface area contributed by atoms with Crippen LogP contribution in [0.5, 0.6) is 0 Å². The van der Waals surface area contributed by atoms with E-state index in [1.165, 1.54) is 0 Å². The summed E-state index contributed by atoms with van der Waals surface area (Å²) in [6.45, 7) is 1.89. The molecule has 1 aliphatic heterocycles. The quantitative estimate of drug-likeness (QED) is 0.728. The van der Waals surface area contributed by atoms with Crippen molar-refractivity contribution >= 4 is 34.9 Å². The summed E-state index contributed by atoms with van der Waals surface area (Å²) in [7, 11) is 1.71. The third-order valence-corrected chi connectivity index (χ3v) is 5.21. The number of halogens is 1. The highest BCUT2D eigenvalue weighted by atomic mass is 35.5. The van der Waals surface area contributed by atoms with Crippen molar-refractivity contribution in [3.05, 3.63) is 65.2 Å². The number of aromatic nitrogens is 2. The number of benzene rings is 2. The Morgan fingerprint density at radius 3 is 2.54 bits per heavy atom. The molecule has 4 rings (SSSR count). The minimum atomic E-state index is -0.700. The predicted octanol–water partition coefficient (Wildman–Crippen LogP) is 4.06. The number of amides is 2. The number of nitrogens with zero attached hydrogens (tertiary/aromatic N) is 3. The molecule has 2 amide bonds. The molecule has 6 nitrogen and oxygen atoms in total. The van der Waals surface area contributed by atoms with Gasteiger partial charge in [-0.15, -0.1) is 0 Å². The molecular formula is C21H19ClN4O2. The van der Waals surface area contributed by atoms with Gasteiger partial charge in [-0.1, -0.05) is 41.9 Å².